The number of hydrogen-bond acceptors (Lipinski definition) is 6. The highest BCUT2D eigenvalue weighted by molar-refractivity contribution is 7.92. The first-order valence-corrected chi connectivity index (χ1v) is 15.5. The van der Waals surface area contributed by atoms with Crippen LogP contribution in [0, 0.1) is 13.8 Å². The molecular weight excluding hydrogens is 633 g/mol. The second kappa shape index (κ2) is 14.1. The molecule has 8 nitrogen and oxygen atoms in total. The molecule has 0 unspecified atom stereocenters. The summed E-state index contributed by atoms with van der Waals surface area (Å²) >= 11 is 18.0. The number of amides is 1. The lowest BCUT2D eigenvalue weighted by Crippen LogP contribution is -2.39. The van der Waals surface area contributed by atoms with Gasteiger partial charge >= 0.3 is 0 Å². The zero-order chi connectivity index (χ0) is 31.1. The lowest BCUT2D eigenvalue weighted by Gasteiger charge is -2.24. The Morgan fingerprint density at radius 1 is 0.884 bits per heavy atom. The summed E-state index contributed by atoms with van der Waals surface area (Å²) in [4.78, 5) is 12.9. The minimum absolute atomic E-state index is 0.00000651. The van der Waals surface area contributed by atoms with Crippen LogP contribution in [0.15, 0.2) is 88.9 Å². The van der Waals surface area contributed by atoms with Crippen LogP contribution in [0.4, 0.5) is 5.69 Å². The van der Waals surface area contributed by atoms with Gasteiger partial charge in [0.2, 0.25) is 0 Å². The number of anilines is 1. The van der Waals surface area contributed by atoms with Crippen LogP contribution in [0.5, 0.6) is 11.5 Å². The number of aryl methyl sites for hydroxylation is 2. The summed E-state index contributed by atoms with van der Waals surface area (Å²) < 4.78 is 39.5. The first-order chi connectivity index (χ1) is 20.5. The maximum absolute atomic E-state index is 13.6. The third kappa shape index (κ3) is 8.20. The fourth-order valence-electron chi connectivity index (χ4n) is 3.95. The monoisotopic (exact) mass is 659 g/mol. The average Bonchev–Trinajstić information content (AvgIpc) is 2.98. The van der Waals surface area contributed by atoms with E-state index in [0.29, 0.717) is 37.8 Å². The molecule has 4 aromatic carbocycles. The standard InChI is InChI=1S/C31H28Cl3N3O5S/c1-20-4-9-25(14-21(20)2)37(43(39,40)26-10-7-24(32)8-11-26)18-31(38)36-35-17-22-6-13-29(30(16-22)41-3)42-19-23-5-12-27(33)28(34)15-23/h4-17H,18-19H2,1-3H3,(H,36,38)/b35-17-. The Balaban J connectivity index is 1.47. The molecule has 0 aliphatic heterocycles. The molecular formula is C31H28Cl3N3O5S. The van der Waals surface area contributed by atoms with Crippen LogP contribution in [0.1, 0.15) is 22.3 Å². The zero-order valence-corrected chi connectivity index (χ0v) is 26.6. The molecule has 0 fully saturated rings. The minimum Gasteiger partial charge on any atom is -0.493 e. The van der Waals surface area contributed by atoms with Gasteiger partial charge in [-0.1, -0.05) is 46.9 Å². The van der Waals surface area contributed by atoms with E-state index in [0.717, 1.165) is 21.0 Å². The highest BCUT2D eigenvalue weighted by atomic mass is 35.5. The van der Waals surface area contributed by atoms with Crippen molar-refractivity contribution in [2.24, 2.45) is 5.10 Å². The molecule has 0 aromatic heterocycles. The Morgan fingerprint density at radius 3 is 2.30 bits per heavy atom. The number of halogens is 3. The quantitative estimate of drug-likeness (QED) is 0.136. The highest BCUT2D eigenvalue weighted by Gasteiger charge is 2.27. The van der Waals surface area contributed by atoms with Gasteiger partial charge in [-0.15, -0.1) is 0 Å². The van der Waals surface area contributed by atoms with Crippen LogP contribution in [0.25, 0.3) is 0 Å². The van der Waals surface area contributed by atoms with Gasteiger partial charge < -0.3 is 9.47 Å². The number of carbonyl (C=O) groups is 1. The zero-order valence-electron chi connectivity index (χ0n) is 23.5. The third-order valence-electron chi connectivity index (χ3n) is 6.44. The molecule has 224 valence electrons. The van der Waals surface area contributed by atoms with Crippen molar-refractivity contribution >= 4 is 62.6 Å². The van der Waals surface area contributed by atoms with E-state index in [1.807, 2.05) is 19.9 Å². The molecule has 1 N–H and O–H groups in total. The number of nitrogens with one attached hydrogen (secondary N) is 1. The van der Waals surface area contributed by atoms with Crippen molar-refractivity contribution in [3.63, 3.8) is 0 Å². The lowest BCUT2D eigenvalue weighted by atomic mass is 10.1. The van der Waals surface area contributed by atoms with E-state index < -0.39 is 22.5 Å². The number of ether oxygens (including phenoxy) is 2. The van der Waals surface area contributed by atoms with Crippen LogP contribution in [0.2, 0.25) is 15.1 Å². The predicted molar refractivity (Wildman–Crippen MR) is 171 cm³/mol. The summed E-state index contributed by atoms with van der Waals surface area (Å²) in [6.45, 7) is 3.53. The van der Waals surface area contributed by atoms with Crippen molar-refractivity contribution in [3.8, 4) is 11.5 Å². The molecule has 0 spiro atoms. The molecule has 0 saturated carbocycles. The summed E-state index contributed by atoms with van der Waals surface area (Å²) in [6, 6.07) is 21.3. The van der Waals surface area contributed by atoms with E-state index >= 15 is 0 Å². The van der Waals surface area contributed by atoms with Gasteiger partial charge in [0.05, 0.1) is 34.0 Å². The molecule has 0 heterocycles. The molecule has 4 aromatic rings. The normalized spacial score (nSPS) is 11.4. The summed E-state index contributed by atoms with van der Waals surface area (Å²) in [5.74, 6) is 0.303. The minimum atomic E-state index is -4.10. The van der Waals surface area contributed by atoms with Crippen molar-refractivity contribution in [2.75, 3.05) is 18.0 Å². The van der Waals surface area contributed by atoms with Crippen LogP contribution < -0.4 is 19.2 Å². The van der Waals surface area contributed by atoms with E-state index in [4.69, 9.17) is 44.3 Å². The van der Waals surface area contributed by atoms with Crippen molar-refractivity contribution in [1.29, 1.82) is 0 Å². The van der Waals surface area contributed by atoms with Crippen molar-refractivity contribution in [2.45, 2.75) is 25.3 Å². The summed E-state index contributed by atoms with van der Waals surface area (Å²) in [6.07, 6.45) is 1.41. The second-order valence-corrected chi connectivity index (χ2v) is 12.6. The van der Waals surface area contributed by atoms with Crippen molar-refractivity contribution in [1.82, 2.24) is 5.43 Å². The molecule has 0 aliphatic rings. The Kier molecular flexibility index (Phi) is 10.6. The van der Waals surface area contributed by atoms with Crippen molar-refractivity contribution < 1.29 is 22.7 Å². The van der Waals surface area contributed by atoms with E-state index in [1.165, 1.54) is 37.6 Å². The number of hydrogen-bond donors (Lipinski definition) is 1. The fraction of sp³-hybridized carbons (Fsp3) is 0.161. The first-order valence-electron chi connectivity index (χ1n) is 12.9. The highest BCUT2D eigenvalue weighted by Crippen LogP contribution is 2.30. The summed E-state index contributed by atoms with van der Waals surface area (Å²) in [5, 5.41) is 5.30. The largest absolute Gasteiger partial charge is 0.493 e. The van der Waals surface area contributed by atoms with Crippen molar-refractivity contribution in [3.05, 3.63) is 116 Å². The molecule has 43 heavy (non-hydrogen) atoms. The van der Waals surface area contributed by atoms with Gasteiger partial charge in [-0.3, -0.25) is 9.10 Å². The number of benzene rings is 4. The smallest absolute Gasteiger partial charge is 0.264 e. The number of hydrazone groups is 1. The number of methoxy groups -OCH3 is 1. The molecule has 0 atom stereocenters. The molecule has 1 amide bonds. The second-order valence-electron chi connectivity index (χ2n) is 9.47. The van der Waals surface area contributed by atoms with E-state index in [2.05, 4.69) is 10.5 Å². The van der Waals surface area contributed by atoms with Gasteiger partial charge in [0.15, 0.2) is 11.5 Å². The maximum Gasteiger partial charge on any atom is 0.264 e. The fourth-order valence-corrected chi connectivity index (χ4v) is 5.81. The van der Waals surface area contributed by atoms with Crippen LogP contribution >= 0.6 is 34.8 Å². The predicted octanol–water partition coefficient (Wildman–Crippen LogP) is 7.20. The SMILES string of the molecule is COc1cc(/C=N\NC(=O)CN(c2ccc(C)c(C)c2)S(=O)(=O)c2ccc(Cl)cc2)ccc1OCc1ccc(Cl)c(Cl)c1. The maximum atomic E-state index is 13.6. The molecule has 0 saturated heterocycles. The Morgan fingerprint density at radius 2 is 1.63 bits per heavy atom. The average molecular weight is 661 g/mol. The van der Waals surface area contributed by atoms with Gasteiger partial charge in [-0.05, 0) is 103 Å². The Bertz CT molecular complexity index is 1760. The van der Waals surface area contributed by atoms with Gasteiger partial charge in [0.25, 0.3) is 15.9 Å². The number of nitrogens with zero attached hydrogens (tertiary/aromatic N) is 2. The Hall–Kier alpha value is -3.76. The van der Waals surface area contributed by atoms with Gasteiger partial charge in [-0.2, -0.15) is 5.10 Å². The van der Waals surface area contributed by atoms with Crippen LogP contribution in [-0.4, -0.2) is 34.2 Å². The number of sulfonamides is 1. The van der Waals surface area contributed by atoms with Gasteiger partial charge in [0, 0.05) is 5.02 Å². The molecule has 4 rings (SSSR count). The van der Waals surface area contributed by atoms with Crippen LogP contribution in [0.3, 0.4) is 0 Å². The van der Waals surface area contributed by atoms with Crippen LogP contribution in [-0.2, 0) is 21.4 Å². The Labute approximate surface area is 265 Å². The van der Waals surface area contributed by atoms with E-state index in [9.17, 15) is 13.2 Å². The molecule has 0 aliphatic carbocycles. The van der Waals surface area contributed by atoms with E-state index in [-0.39, 0.29) is 11.5 Å². The van der Waals surface area contributed by atoms with Gasteiger partial charge in [0.1, 0.15) is 13.2 Å². The summed E-state index contributed by atoms with van der Waals surface area (Å²) in [7, 11) is -2.59. The number of carbonyl (C=O) groups excluding carboxylic acids is 1. The number of rotatable bonds is 11. The molecule has 12 heteroatoms. The third-order valence-corrected chi connectivity index (χ3v) is 9.22. The first kappa shape index (κ1) is 32.2. The van der Waals surface area contributed by atoms with E-state index in [1.54, 1.807) is 48.5 Å². The lowest BCUT2D eigenvalue weighted by molar-refractivity contribution is -0.119. The topological polar surface area (TPSA) is 97.3 Å². The summed E-state index contributed by atoms with van der Waals surface area (Å²) in [5.41, 5.74) is 6.06. The van der Waals surface area contributed by atoms with Gasteiger partial charge in [-0.25, -0.2) is 13.8 Å². The molecule has 0 radical (unpaired) electrons. The molecule has 0 bridgehead atoms.